The van der Waals surface area contributed by atoms with Crippen LogP contribution in [-0.4, -0.2) is 13.1 Å². The molecule has 0 fully saturated rings. The van der Waals surface area contributed by atoms with E-state index in [4.69, 9.17) is 0 Å². The minimum atomic E-state index is 0. The van der Waals surface area contributed by atoms with Gasteiger partial charge in [0.05, 0.1) is 0 Å². The van der Waals surface area contributed by atoms with Gasteiger partial charge in [-0.15, -0.1) is 0 Å². The zero-order valence-electron chi connectivity index (χ0n) is 5.35. The Morgan fingerprint density at radius 2 is 2.25 bits per heavy atom. The van der Waals surface area contributed by atoms with Crippen LogP contribution in [-0.2, 0) is 32.7 Å². The second-order valence-corrected chi connectivity index (χ2v) is 1.28. The number of allylic oxidation sites excluding steroid dienone is 1. The van der Waals surface area contributed by atoms with Crippen LogP contribution in [0.2, 0.25) is 0 Å². The Morgan fingerprint density at radius 1 is 1.62 bits per heavy atom. The fourth-order valence-corrected chi connectivity index (χ4v) is 0.311. The van der Waals surface area contributed by atoms with Crippen LogP contribution in [0.3, 0.4) is 0 Å². The van der Waals surface area contributed by atoms with E-state index in [9.17, 15) is 0 Å². The van der Waals surface area contributed by atoms with Gasteiger partial charge in [-0.25, -0.2) is 19.1 Å². The fraction of sp³-hybridized carbons (Fsp3) is 0.500. The quantitative estimate of drug-likeness (QED) is 0.513. The van der Waals surface area contributed by atoms with Gasteiger partial charge in [-0.1, -0.05) is 13.5 Å². The molecule has 0 atom stereocenters. The van der Waals surface area contributed by atoms with Crippen LogP contribution >= 0.6 is 0 Å². The van der Waals surface area contributed by atoms with Crippen molar-refractivity contribution < 1.29 is 32.7 Å². The van der Waals surface area contributed by atoms with Crippen LogP contribution in [0.5, 0.6) is 0 Å². The van der Waals surface area contributed by atoms with E-state index in [2.05, 4.69) is 19.2 Å². The maximum Gasteiger partial charge on any atom is 0 e. The van der Waals surface area contributed by atoms with Crippen molar-refractivity contribution >= 4 is 0 Å². The maximum atomic E-state index is 3.54. The van der Waals surface area contributed by atoms with Gasteiger partial charge in [-0.3, -0.25) is 0 Å². The summed E-state index contributed by atoms with van der Waals surface area (Å²) in [5.74, 6) is 0. The molecule has 0 amide bonds. The van der Waals surface area contributed by atoms with E-state index in [1.807, 2.05) is 6.08 Å². The van der Waals surface area contributed by atoms with Crippen molar-refractivity contribution in [2.24, 2.45) is 0 Å². The number of hydrogen-bond acceptors (Lipinski definition) is 1. The third-order valence-electron chi connectivity index (χ3n) is 0.679. The van der Waals surface area contributed by atoms with E-state index in [1.165, 1.54) is 0 Å². The summed E-state index contributed by atoms with van der Waals surface area (Å²) in [7, 11) is 0. The minimum absolute atomic E-state index is 0. The Hall–Kier alpha value is 0.674. The number of hydrogen-bond donors (Lipinski definition) is 1. The molecule has 1 nitrogen and oxygen atoms in total. The molecule has 0 aliphatic carbocycles. The van der Waals surface area contributed by atoms with Gasteiger partial charge in [0.15, 0.2) is 0 Å². The SMILES string of the molecule is [CH2-]/C=C/CNCC.[Y]. The van der Waals surface area contributed by atoms with Crippen molar-refractivity contribution in [3.05, 3.63) is 19.1 Å². The largest absolute Gasteiger partial charge is 0.330 e. The van der Waals surface area contributed by atoms with E-state index in [0.29, 0.717) is 0 Å². The molecular formula is C6H12NY-. The normalized spacial score (nSPS) is 9.12. The number of nitrogens with one attached hydrogen (secondary N) is 1. The molecule has 1 radical (unpaired) electrons. The van der Waals surface area contributed by atoms with Gasteiger partial charge < -0.3 is 5.32 Å². The Kier molecular flexibility index (Phi) is 15.2. The monoisotopic (exact) mass is 187 g/mol. The molecule has 0 unspecified atom stereocenters. The van der Waals surface area contributed by atoms with Crippen molar-refractivity contribution in [1.82, 2.24) is 5.32 Å². The van der Waals surface area contributed by atoms with Gasteiger partial charge in [-0.2, -0.15) is 0 Å². The van der Waals surface area contributed by atoms with Gasteiger partial charge in [0, 0.05) is 32.7 Å². The van der Waals surface area contributed by atoms with Gasteiger partial charge >= 0.3 is 0 Å². The molecule has 0 aromatic rings. The Morgan fingerprint density at radius 3 is 2.62 bits per heavy atom. The van der Waals surface area contributed by atoms with Crippen molar-refractivity contribution in [2.75, 3.05) is 13.1 Å². The molecular weight excluding hydrogens is 175 g/mol. The molecule has 0 bridgehead atoms. The zero-order chi connectivity index (χ0) is 5.54. The first-order valence-corrected chi connectivity index (χ1v) is 2.56. The summed E-state index contributed by atoms with van der Waals surface area (Å²) >= 11 is 0. The Labute approximate surface area is 76.8 Å². The molecule has 0 heterocycles. The average molecular weight is 187 g/mol. The summed E-state index contributed by atoms with van der Waals surface area (Å²) in [6.07, 6.45) is 3.78. The second kappa shape index (κ2) is 10.6. The first kappa shape index (κ1) is 11.5. The molecule has 0 saturated heterocycles. The zero-order valence-corrected chi connectivity index (χ0v) is 8.19. The minimum Gasteiger partial charge on any atom is -0.330 e. The first-order chi connectivity index (χ1) is 3.41. The van der Waals surface area contributed by atoms with Crippen molar-refractivity contribution in [3.63, 3.8) is 0 Å². The van der Waals surface area contributed by atoms with E-state index < -0.39 is 0 Å². The topological polar surface area (TPSA) is 12.0 Å². The van der Waals surface area contributed by atoms with E-state index in [0.717, 1.165) is 13.1 Å². The third kappa shape index (κ3) is 9.84. The molecule has 1 N–H and O–H groups in total. The van der Waals surface area contributed by atoms with Gasteiger partial charge in [0.25, 0.3) is 0 Å². The molecule has 0 rings (SSSR count). The molecule has 0 aliphatic rings. The van der Waals surface area contributed by atoms with Crippen LogP contribution in [0.15, 0.2) is 12.2 Å². The summed E-state index contributed by atoms with van der Waals surface area (Å²) in [5, 5.41) is 3.12. The summed E-state index contributed by atoms with van der Waals surface area (Å²) in [6, 6.07) is 0. The van der Waals surface area contributed by atoms with Crippen LogP contribution < -0.4 is 5.32 Å². The summed E-state index contributed by atoms with van der Waals surface area (Å²) in [5.41, 5.74) is 0. The fourth-order valence-electron chi connectivity index (χ4n) is 0.311. The van der Waals surface area contributed by atoms with Crippen LogP contribution in [0.4, 0.5) is 0 Å². The van der Waals surface area contributed by atoms with E-state index in [1.54, 1.807) is 6.08 Å². The van der Waals surface area contributed by atoms with Gasteiger partial charge in [-0.05, 0) is 6.54 Å². The molecule has 0 aliphatic heterocycles. The molecule has 2 heteroatoms. The van der Waals surface area contributed by atoms with Crippen LogP contribution in [0.1, 0.15) is 6.92 Å². The van der Waals surface area contributed by atoms with Gasteiger partial charge in [0.2, 0.25) is 0 Å². The summed E-state index contributed by atoms with van der Waals surface area (Å²) < 4.78 is 0. The average Bonchev–Trinajstić information content (AvgIpc) is 1.69. The summed E-state index contributed by atoms with van der Waals surface area (Å²) in [4.78, 5) is 0. The Bertz CT molecular complexity index is 52.5. The molecule has 0 spiro atoms. The Balaban J connectivity index is 0. The molecule has 0 aromatic carbocycles. The second-order valence-electron chi connectivity index (χ2n) is 1.28. The predicted molar refractivity (Wildman–Crippen MR) is 33.0 cm³/mol. The van der Waals surface area contributed by atoms with E-state index >= 15 is 0 Å². The first-order valence-electron chi connectivity index (χ1n) is 2.56. The third-order valence-corrected chi connectivity index (χ3v) is 0.679. The number of rotatable bonds is 3. The van der Waals surface area contributed by atoms with Crippen molar-refractivity contribution in [2.45, 2.75) is 6.92 Å². The predicted octanol–water partition coefficient (Wildman–Crippen LogP) is 0.984. The van der Waals surface area contributed by atoms with E-state index in [-0.39, 0.29) is 32.7 Å². The summed E-state index contributed by atoms with van der Waals surface area (Å²) in [6.45, 7) is 7.59. The maximum absolute atomic E-state index is 3.54. The number of likely N-dealkylation sites (N-methyl/N-ethyl adjacent to an activating group) is 1. The molecule has 0 saturated carbocycles. The standard InChI is InChI=1S/C6H12N.Y/c1-3-5-6-7-4-2;/h3,5,7H,1,4,6H2,2H3;/q-1;/b5-3+;. The van der Waals surface area contributed by atoms with Crippen molar-refractivity contribution in [3.8, 4) is 0 Å². The molecule has 0 aromatic heterocycles. The molecule has 8 heavy (non-hydrogen) atoms. The van der Waals surface area contributed by atoms with Gasteiger partial charge in [0.1, 0.15) is 0 Å². The van der Waals surface area contributed by atoms with Crippen molar-refractivity contribution in [1.29, 1.82) is 0 Å². The van der Waals surface area contributed by atoms with Crippen LogP contribution in [0.25, 0.3) is 0 Å². The van der Waals surface area contributed by atoms with Crippen LogP contribution in [0, 0.1) is 6.92 Å². The molecule has 45 valence electrons. The smallest absolute Gasteiger partial charge is 0 e.